The Hall–Kier alpha value is -0.770. The summed E-state index contributed by atoms with van der Waals surface area (Å²) in [7, 11) is 0. The normalized spacial score (nSPS) is 12.5. The predicted molar refractivity (Wildman–Crippen MR) is 49.1 cm³/mol. The minimum atomic E-state index is -1.59. The molecule has 0 saturated carbocycles. The van der Waals surface area contributed by atoms with Gasteiger partial charge < -0.3 is 10.2 Å². The lowest BCUT2D eigenvalue weighted by Crippen LogP contribution is -2.10. The summed E-state index contributed by atoms with van der Waals surface area (Å²) >= 11 is 11.2. The number of hydrogen-bond donors (Lipinski definition) is 2. The molecule has 1 rings (SSSR count). The van der Waals surface area contributed by atoms with Crippen molar-refractivity contribution >= 4 is 29.2 Å². The summed E-state index contributed by atoms with van der Waals surface area (Å²) in [6, 6.07) is 4.17. The van der Waals surface area contributed by atoms with Crippen molar-refractivity contribution in [3.63, 3.8) is 0 Å². The molecule has 0 amide bonds. The van der Waals surface area contributed by atoms with Gasteiger partial charge in [0.05, 0.1) is 0 Å². The van der Waals surface area contributed by atoms with E-state index in [0.29, 0.717) is 10.0 Å². The largest absolute Gasteiger partial charge is 0.479 e. The molecule has 3 nitrogen and oxygen atoms in total. The molecule has 0 aliphatic carbocycles. The van der Waals surface area contributed by atoms with Crippen LogP contribution in [0.4, 0.5) is 0 Å². The summed E-state index contributed by atoms with van der Waals surface area (Å²) in [5.74, 6) is -1.33. The van der Waals surface area contributed by atoms with Gasteiger partial charge in [0, 0.05) is 10.0 Å². The predicted octanol–water partition coefficient (Wildman–Crippen LogP) is 2.11. The zero-order valence-electron chi connectivity index (χ0n) is 6.37. The summed E-state index contributed by atoms with van der Waals surface area (Å²) in [6.45, 7) is 0. The number of benzene rings is 1. The Labute approximate surface area is 84.5 Å². The van der Waals surface area contributed by atoms with Gasteiger partial charge in [-0.3, -0.25) is 0 Å². The third-order valence-corrected chi connectivity index (χ3v) is 1.87. The van der Waals surface area contributed by atoms with Crippen molar-refractivity contribution in [3.05, 3.63) is 33.8 Å². The van der Waals surface area contributed by atoms with Gasteiger partial charge in [0.2, 0.25) is 0 Å². The monoisotopic (exact) mass is 220 g/mol. The first-order valence-corrected chi connectivity index (χ1v) is 4.13. The van der Waals surface area contributed by atoms with Crippen molar-refractivity contribution in [1.29, 1.82) is 0 Å². The van der Waals surface area contributed by atoms with E-state index in [4.69, 9.17) is 33.4 Å². The molecule has 2 N–H and O–H groups in total. The van der Waals surface area contributed by atoms with Gasteiger partial charge in [-0.15, -0.1) is 0 Å². The standard InChI is InChI=1S/C8H6Cl2O3/c9-5-1-4(2-6(10)3-5)7(11)8(12)13/h1-3,7,11H,(H,12,13)/t7-/m0/s1. The Morgan fingerprint density at radius 2 is 1.69 bits per heavy atom. The highest BCUT2D eigenvalue weighted by Crippen LogP contribution is 2.23. The number of carboxylic acids is 1. The summed E-state index contributed by atoms with van der Waals surface area (Å²) in [5.41, 5.74) is 0.171. The topological polar surface area (TPSA) is 57.5 Å². The molecule has 70 valence electrons. The van der Waals surface area contributed by atoms with Crippen molar-refractivity contribution in [2.24, 2.45) is 0 Å². The number of aliphatic hydroxyl groups excluding tert-OH is 1. The van der Waals surface area contributed by atoms with Crippen LogP contribution in [-0.2, 0) is 4.79 Å². The van der Waals surface area contributed by atoms with E-state index in [1.807, 2.05) is 0 Å². The average Bonchev–Trinajstić information content (AvgIpc) is 2.01. The first-order valence-electron chi connectivity index (χ1n) is 3.37. The molecule has 0 fully saturated rings. The highest BCUT2D eigenvalue weighted by atomic mass is 35.5. The summed E-state index contributed by atoms with van der Waals surface area (Å²) in [6.07, 6.45) is -1.59. The van der Waals surface area contributed by atoms with Crippen LogP contribution in [-0.4, -0.2) is 16.2 Å². The number of aliphatic carboxylic acids is 1. The van der Waals surface area contributed by atoms with Gasteiger partial charge in [0.25, 0.3) is 0 Å². The fraction of sp³-hybridized carbons (Fsp3) is 0.125. The molecule has 5 heteroatoms. The number of rotatable bonds is 2. The van der Waals surface area contributed by atoms with Gasteiger partial charge in [0.15, 0.2) is 6.10 Å². The minimum Gasteiger partial charge on any atom is -0.479 e. The molecular weight excluding hydrogens is 215 g/mol. The van der Waals surface area contributed by atoms with Gasteiger partial charge in [-0.25, -0.2) is 4.79 Å². The van der Waals surface area contributed by atoms with Gasteiger partial charge in [0.1, 0.15) is 0 Å². The second kappa shape index (κ2) is 3.96. The molecule has 0 aromatic heterocycles. The zero-order valence-corrected chi connectivity index (χ0v) is 7.88. The number of carbonyl (C=O) groups is 1. The van der Waals surface area contributed by atoms with Crippen LogP contribution in [0.1, 0.15) is 11.7 Å². The maximum Gasteiger partial charge on any atom is 0.337 e. The number of hydrogen-bond acceptors (Lipinski definition) is 2. The van der Waals surface area contributed by atoms with Crippen LogP contribution >= 0.6 is 23.2 Å². The van der Waals surface area contributed by atoms with Crippen molar-refractivity contribution in [2.45, 2.75) is 6.10 Å². The summed E-state index contributed by atoms with van der Waals surface area (Å²) in [4.78, 5) is 10.4. The molecule has 0 radical (unpaired) electrons. The molecule has 0 spiro atoms. The van der Waals surface area contributed by atoms with Crippen molar-refractivity contribution in [2.75, 3.05) is 0 Å². The van der Waals surface area contributed by atoms with Crippen molar-refractivity contribution in [1.82, 2.24) is 0 Å². The molecule has 0 aliphatic rings. The Balaban J connectivity index is 3.07. The molecule has 0 saturated heterocycles. The van der Waals surface area contributed by atoms with Crippen LogP contribution in [0.3, 0.4) is 0 Å². The lowest BCUT2D eigenvalue weighted by atomic mass is 10.1. The number of carboxylic acid groups (broad SMARTS) is 1. The summed E-state index contributed by atoms with van der Waals surface area (Å²) in [5, 5.41) is 18.2. The fourth-order valence-electron chi connectivity index (χ4n) is 0.876. The fourth-order valence-corrected chi connectivity index (χ4v) is 1.42. The first-order chi connectivity index (χ1) is 6.00. The smallest absolute Gasteiger partial charge is 0.337 e. The van der Waals surface area contributed by atoms with Crippen LogP contribution in [0, 0.1) is 0 Å². The van der Waals surface area contributed by atoms with Gasteiger partial charge in [-0.2, -0.15) is 0 Å². The van der Waals surface area contributed by atoms with E-state index >= 15 is 0 Å². The third-order valence-electron chi connectivity index (χ3n) is 1.43. The molecular formula is C8H6Cl2O3. The lowest BCUT2D eigenvalue weighted by Gasteiger charge is -2.06. The van der Waals surface area contributed by atoms with E-state index in [0.717, 1.165) is 0 Å². The van der Waals surface area contributed by atoms with E-state index in [-0.39, 0.29) is 5.56 Å². The highest BCUT2D eigenvalue weighted by Gasteiger charge is 2.16. The quantitative estimate of drug-likeness (QED) is 0.803. The van der Waals surface area contributed by atoms with Crippen LogP contribution < -0.4 is 0 Å². The third kappa shape index (κ3) is 2.59. The van der Waals surface area contributed by atoms with Crippen LogP contribution in [0.2, 0.25) is 10.0 Å². The second-order valence-electron chi connectivity index (χ2n) is 2.44. The molecule has 0 bridgehead atoms. The van der Waals surface area contributed by atoms with E-state index in [2.05, 4.69) is 0 Å². The molecule has 0 aliphatic heterocycles. The molecule has 1 atom stereocenters. The maximum atomic E-state index is 10.4. The van der Waals surface area contributed by atoms with E-state index in [1.54, 1.807) is 0 Å². The molecule has 13 heavy (non-hydrogen) atoms. The summed E-state index contributed by atoms with van der Waals surface area (Å²) < 4.78 is 0. The number of aliphatic hydroxyl groups is 1. The van der Waals surface area contributed by atoms with Crippen molar-refractivity contribution < 1.29 is 15.0 Å². The van der Waals surface area contributed by atoms with Gasteiger partial charge in [-0.1, -0.05) is 23.2 Å². The Morgan fingerprint density at radius 1 is 1.23 bits per heavy atom. The lowest BCUT2D eigenvalue weighted by molar-refractivity contribution is -0.146. The molecule has 0 heterocycles. The van der Waals surface area contributed by atoms with E-state index in [9.17, 15) is 4.79 Å². The van der Waals surface area contributed by atoms with Gasteiger partial charge in [-0.05, 0) is 23.8 Å². The molecule has 1 aromatic carbocycles. The first kappa shape index (κ1) is 10.3. The molecule has 1 aromatic rings. The average molecular weight is 221 g/mol. The Bertz CT molecular complexity index is 318. The highest BCUT2D eigenvalue weighted by molar-refractivity contribution is 6.34. The number of halogens is 2. The Kier molecular flexibility index (Phi) is 3.14. The van der Waals surface area contributed by atoms with Crippen LogP contribution in [0.15, 0.2) is 18.2 Å². The minimum absolute atomic E-state index is 0.171. The molecule has 0 unspecified atom stereocenters. The van der Waals surface area contributed by atoms with Crippen LogP contribution in [0.25, 0.3) is 0 Å². The van der Waals surface area contributed by atoms with Crippen molar-refractivity contribution in [3.8, 4) is 0 Å². The maximum absolute atomic E-state index is 10.4. The second-order valence-corrected chi connectivity index (χ2v) is 3.32. The zero-order chi connectivity index (χ0) is 10.0. The van der Waals surface area contributed by atoms with Gasteiger partial charge >= 0.3 is 5.97 Å². The van der Waals surface area contributed by atoms with E-state index in [1.165, 1.54) is 18.2 Å². The SMILES string of the molecule is O=C(O)[C@@H](O)c1cc(Cl)cc(Cl)c1. The van der Waals surface area contributed by atoms with E-state index < -0.39 is 12.1 Å². The van der Waals surface area contributed by atoms with Crippen LogP contribution in [0.5, 0.6) is 0 Å². The Morgan fingerprint density at radius 3 is 2.08 bits per heavy atom.